The Morgan fingerprint density at radius 2 is 1.90 bits per heavy atom. The third-order valence-corrected chi connectivity index (χ3v) is 5.51. The molecule has 1 unspecified atom stereocenters. The number of fused-ring (bicyclic) bond motifs is 1. The molecule has 0 spiro atoms. The number of carbonyl (C=O) groups is 2. The van der Waals surface area contributed by atoms with Gasteiger partial charge < -0.3 is 14.7 Å². The van der Waals surface area contributed by atoms with Crippen LogP contribution in [0.15, 0.2) is 34.9 Å². The maximum absolute atomic E-state index is 12.4. The van der Waals surface area contributed by atoms with E-state index >= 15 is 0 Å². The number of aliphatic carboxylic acids is 1. The van der Waals surface area contributed by atoms with Crippen LogP contribution in [0.2, 0.25) is 0 Å². The first kappa shape index (κ1) is 20.4. The van der Waals surface area contributed by atoms with Crippen LogP contribution >= 0.6 is 0 Å². The third-order valence-electron chi connectivity index (χ3n) is 5.51. The molecular weight excluding hydrogens is 382 g/mol. The summed E-state index contributed by atoms with van der Waals surface area (Å²) in [6, 6.07) is 7.93. The Hall–Kier alpha value is -2.83. The molecule has 1 aromatic carbocycles. The molecule has 1 aliphatic carbocycles. The number of nitrogens with zero attached hydrogens (tertiary/aromatic N) is 3. The maximum Gasteiger partial charge on any atom is 0.410 e. The van der Waals surface area contributed by atoms with E-state index in [1.54, 1.807) is 4.90 Å². The normalized spacial score (nSPS) is 20.8. The van der Waals surface area contributed by atoms with E-state index in [4.69, 9.17) is 9.84 Å². The van der Waals surface area contributed by atoms with Crippen LogP contribution in [0.4, 0.5) is 4.79 Å². The fourth-order valence-corrected chi connectivity index (χ4v) is 4.13. The largest absolute Gasteiger partial charge is 0.481 e. The molecule has 3 aliphatic rings. The van der Waals surface area contributed by atoms with Crippen LogP contribution in [0.25, 0.3) is 5.70 Å². The van der Waals surface area contributed by atoms with E-state index < -0.39 is 11.6 Å². The summed E-state index contributed by atoms with van der Waals surface area (Å²) < 4.78 is 5.51. The average molecular weight is 412 g/mol. The van der Waals surface area contributed by atoms with E-state index in [2.05, 4.69) is 6.07 Å². The highest BCUT2D eigenvalue weighted by Gasteiger charge is 2.35. The second-order valence-corrected chi connectivity index (χ2v) is 9.28. The van der Waals surface area contributed by atoms with Gasteiger partial charge in [-0.25, -0.2) is 4.79 Å². The van der Waals surface area contributed by atoms with Gasteiger partial charge in [0.2, 0.25) is 0 Å². The fraction of sp³-hybridized carbons (Fsp3) is 0.522. The van der Waals surface area contributed by atoms with Gasteiger partial charge in [-0.2, -0.15) is 5.10 Å². The van der Waals surface area contributed by atoms with Crippen LogP contribution in [0.3, 0.4) is 0 Å². The van der Waals surface area contributed by atoms with Crippen LogP contribution in [0.1, 0.15) is 57.6 Å². The number of benzene rings is 1. The van der Waals surface area contributed by atoms with E-state index in [9.17, 15) is 14.7 Å². The molecule has 1 atom stereocenters. The van der Waals surface area contributed by atoms with Crippen molar-refractivity contribution >= 4 is 23.5 Å². The van der Waals surface area contributed by atoms with Crippen LogP contribution in [0, 0.1) is 5.92 Å². The molecule has 1 aromatic rings. The topological polar surface area (TPSA) is 82.4 Å². The molecule has 0 bridgehead atoms. The van der Waals surface area contributed by atoms with Crippen molar-refractivity contribution in [2.24, 2.45) is 11.0 Å². The lowest BCUT2D eigenvalue weighted by Gasteiger charge is -2.32. The van der Waals surface area contributed by atoms with Gasteiger partial charge in [-0.3, -0.25) is 9.80 Å². The van der Waals surface area contributed by atoms with Gasteiger partial charge in [0.25, 0.3) is 0 Å². The summed E-state index contributed by atoms with van der Waals surface area (Å²) in [4.78, 5) is 25.6. The minimum absolute atomic E-state index is 0.106. The van der Waals surface area contributed by atoms with Gasteiger partial charge in [0, 0.05) is 30.8 Å². The Morgan fingerprint density at radius 3 is 2.53 bits per heavy atom. The Kier molecular flexibility index (Phi) is 5.30. The SMILES string of the molecule is CC(C)(C)OC(=O)N1CCC(CN2N=C(CC(=O)O)c3ccccc3C2=C2CC2)C1. The van der Waals surface area contributed by atoms with Crippen molar-refractivity contribution in [3.8, 4) is 0 Å². The molecule has 1 saturated heterocycles. The number of rotatable bonds is 4. The molecule has 7 nitrogen and oxygen atoms in total. The summed E-state index contributed by atoms with van der Waals surface area (Å²) in [5, 5.41) is 16.1. The highest BCUT2D eigenvalue weighted by atomic mass is 16.6. The molecule has 0 aromatic heterocycles. The Bertz CT molecular complexity index is 923. The number of carboxylic acids is 1. The molecule has 1 N–H and O–H groups in total. The Balaban J connectivity index is 1.54. The zero-order chi connectivity index (χ0) is 21.5. The molecule has 4 rings (SSSR count). The molecule has 1 amide bonds. The number of allylic oxidation sites excluding steroid dienone is 1. The predicted molar refractivity (Wildman–Crippen MR) is 114 cm³/mol. The smallest absolute Gasteiger partial charge is 0.410 e. The summed E-state index contributed by atoms with van der Waals surface area (Å²) in [5.74, 6) is -0.630. The van der Waals surface area contributed by atoms with E-state index in [0.717, 1.165) is 36.1 Å². The summed E-state index contributed by atoms with van der Waals surface area (Å²) >= 11 is 0. The standard InChI is InChI=1S/C23H29N3O4/c1-23(2,3)30-22(29)25-11-10-15(13-25)14-26-21(16-8-9-16)18-7-5-4-6-17(18)19(24-26)12-20(27)28/h4-7,15H,8-14H2,1-3H3,(H,27,28). The molecular formula is C23H29N3O4. The lowest BCUT2D eigenvalue weighted by Crippen LogP contribution is -2.36. The van der Waals surface area contributed by atoms with Gasteiger partial charge in [0.05, 0.1) is 17.8 Å². The van der Waals surface area contributed by atoms with Crippen LogP contribution in [0.5, 0.6) is 0 Å². The van der Waals surface area contributed by atoms with Crippen molar-refractivity contribution in [1.29, 1.82) is 0 Å². The minimum atomic E-state index is -0.886. The Labute approximate surface area is 177 Å². The van der Waals surface area contributed by atoms with Crippen molar-refractivity contribution in [2.75, 3.05) is 19.6 Å². The van der Waals surface area contributed by atoms with E-state index in [0.29, 0.717) is 25.3 Å². The number of carboxylic acid groups (broad SMARTS) is 1. The molecule has 2 heterocycles. The Morgan fingerprint density at radius 1 is 1.20 bits per heavy atom. The molecule has 0 radical (unpaired) electrons. The average Bonchev–Trinajstić information content (AvgIpc) is 3.37. The highest BCUT2D eigenvalue weighted by Crippen LogP contribution is 2.42. The third kappa shape index (κ3) is 4.50. The van der Waals surface area contributed by atoms with Crippen molar-refractivity contribution in [1.82, 2.24) is 9.91 Å². The second-order valence-electron chi connectivity index (χ2n) is 9.28. The van der Waals surface area contributed by atoms with Gasteiger partial charge in [-0.1, -0.05) is 24.3 Å². The molecule has 1 saturated carbocycles. The van der Waals surface area contributed by atoms with E-state index in [1.807, 2.05) is 44.0 Å². The maximum atomic E-state index is 12.4. The summed E-state index contributed by atoms with van der Waals surface area (Å²) in [5.41, 5.74) is 4.54. The summed E-state index contributed by atoms with van der Waals surface area (Å²) in [7, 11) is 0. The lowest BCUT2D eigenvalue weighted by molar-refractivity contribution is -0.135. The van der Waals surface area contributed by atoms with Crippen molar-refractivity contribution in [3.05, 3.63) is 41.0 Å². The molecule has 160 valence electrons. The number of hydrazone groups is 1. The number of ether oxygens (including phenoxy) is 1. The van der Waals surface area contributed by atoms with Crippen LogP contribution in [-0.2, 0) is 9.53 Å². The molecule has 7 heteroatoms. The number of amides is 1. The number of hydrogen-bond donors (Lipinski definition) is 1. The fourth-order valence-electron chi connectivity index (χ4n) is 4.13. The number of carbonyl (C=O) groups excluding carboxylic acids is 1. The zero-order valence-corrected chi connectivity index (χ0v) is 17.9. The monoisotopic (exact) mass is 411 g/mol. The summed E-state index contributed by atoms with van der Waals surface area (Å²) in [6.07, 6.45) is 2.61. The number of likely N-dealkylation sites (tertiary alicyclic amines) is 1. The first-order valence-electron chi connectivity index (χ1n) is 10.6. The van der Waals surface area contributed by atoms with E-state index in [-0.39, 0.29) is 18.4 Å². The number of hydrogen-bond acceptors (Lipinski definition) is 5. The first-order chi connectivity index (χ1) is 14.2. The van der Waals surface area contributed by atoms with Crippen molar-refractivity contribution < 1.29 is 19.4 Å². The van der Waals surface area contributed by atoms with E-state index in [1.165, 1.54) is 5.57 Å². The summed E-state index contributed by atoms with van der Waals surface area (Å²) in [6.45, 7) is 7.57. The second kappa shape index (κ2) is 7.78. The highest BCUT2D eigenvalue weighted by molar-refractivity contribution is 6.12. The zero-order valence-electron chi connectivity index (χ0n) is 17.9. The lowest BCUT2D eigenvalue weighted by atomic mass is 9.95. The minimum Gasteiger partial charge on any atom is -0.481 e. The molecule has 30 heavy (non-hydrogen) atoms. The predicted octanol–water partition coefficient (Wildman–Crippen LogP) is 3.94. The van der Waals surface area contributed by atoms with Crippen molar-refractivity contribution in [2.45, 2.75) is 52.1 Å². The van der Waals surface area contributed by atoms with Gasteiger partial charge in [0.1, 0.15) is 5.60 Å². The molecule has 2 fully saturated rings. The van der Waals surface area contributed by atoms with Crippen LogP contribution in [-0.4, -0.2) is 58.0 Å². The first-order valence-corrected chi connectivity index (χ1v) is 10.6. The van der Waals surface area contributed by atoms with Crippen molar-refractivity contribution in [3.63, 3.8) is 0 Å². The van der Waals surface area contributed by atoms with Gasteiger partial charge >= 0.3 is 12.1 Å². The molecule has 2 aliphatic heterocycles. The van der Waals surface area contributed by atoms with Crippen LogP contribution < -0.4 is 0 Å². The quantitative estimate of drug-likeness (QED) is 0.811. The van der Waals surface area contributed by atoms with Gasteiger partial charge in [0.15, 0.2) is 0 Å². The van der Waals surface area contributed by atoms with Gasteiger partial charge in [-0.15, -0.1) is 0 Å². The van der Waals surface area contributed by atoms with Gasteiger partial charge in [-0.05, 0) is 51.5 Å².